The van der Waals surface area contributed by atoms with Gasteiger partial charge in [0.05, 0.1) is 5.02 Å². The van der Waals surface area contributed by atoms with Crippen LogP contribution in [0.3, 0.4) is 0 Å². The molecule has 0 amide bonds. The zero-order valence-corrected chi connectivity index (χ0v) is 12.8. The lowest BCUT2D eigenvalue weighted by atomic mass is 9.98. The molecule has 1 fully saturated rings. The first-order chi connectivity index (χ1) is 9.11. The molecule has 3 nitrogen and oxygen atoms in total. The van der Waals surface area contributed by atoms with Crippen molar-refractivity contribution in [3.63, 3.8) is 0 Å². The molecule has 0 radical (unpaired) electrons. The third-order valence-electron chi connectivity index (χ3n) is 4.07. The molecule has 2 rings (SSSR count). The van der Waals surface area contributed by atoms with E-state index in [4.69, 9.17) is 11.6 Å². The van der Waals surface area contributed by atoms with Gasteiger partial charge < -0.3 is 5.32 Å². The van der Waals surface area contributed by atoms with Crippen LogP contribution in [0.5, 0.6) is 0 Å². The highest BCUT2D eigenvalue weighted by Crippen LogP contribution is 2.21. The van der Waals surface area contributed by atoms with Crippen LogP contribution < -0.4 is 5.32 Å². The van der Waals surface area contributed by atoms with E-state index >= 15 is 0 Å². The average Bonchev–Trinajstić information content (AvgIpc) is 2.41. The molecule has 0 bridgehead atoms. The summed E-state index contributed by atoms with van der Waals surface area (Å²) in [7, 11) is 0. The zero-order chi connectivity index (χ0) is 13.8. The van der Waals surface area contributed by atoms with Crippen LogP contribution in [0.25, 0.3) is 0 Å². The Morgan fingerprint density at radius 2 is 2.32 bits per heavy atom. The van der Waals surface area contributed by atoms with Gasteiger partial charge in [-0.2, -0.15) is 0 Å². The van der Waals surface area contributed by atoms with Crippen molar-refractivity contribution in [2.45, 2.75) is 45.8 Å². The van der Waals surface area contributed by atoms with Gasteiger partial charge in [-0.1, -0.05) is 32.4 Å². The van der Waals surface area contributed by atoms with E-state index in [9.17, 15) is 0 Å². The van der Waals surface area contributed by atoms with Crippen LogP contribution in [-0.2, 0) is 6.54 Å². The molecule has 1 aromatic heterocycles. The summed E-state index contributed by atoms with van der Waals surface area (Å²) in [5, 5.41) is 4.44. The molecule has 2 heterocycles. The number of piperazine rings is 1. The van der Waals surface area contributed by atoms with Gasteiger partial charge in [0.15, 0.2) is 0 Å². The molecule has 1 aliphatic rings. The van der Waals surface area contributed by atoms with E-state index in [1.54, 1.807) is 6.20 Å². The fraction of sp³-hybridized carbons (Fsp3) is 0.667. The molecule has 1 aromatic rings. The van der Waals surface area contributed by atoms with Gasteiger partial charge in [-0.05, 0) is 24.0 Å². The Balaban J connectivity index is 2.08. The van der Waals surface area contributed by atoms with E-state index < -0.39 is 0 Å². The number of rotatable bonds is 4. The first-order valence-electron chi connectivity index (χ1n) is 7.17. The van der Waals surface area contributed by atoms with Gasteiger partial charge >= 0.3 is 0 Å². The maximum absolute atomic E-state index is 6.23. The quantitative estimate of drug-likeness (QED) is 0.920. The fourth-order valence-corrected chi connectivity index (χ4v) is 2.86. The SMILES string of the molecule is CCC1CNC(C(C)C)CN1Cc1ccncc1Cl. The van der Waals surface area contributed by atoms with Crippen molar-refractivity contribution in [2.24, 2.45) is 5.92 Å². The molecule has 1 saturated heterocycles. The highest BCUT2D eigenvalue weighted by Gasteiger charge is 2.28. The Bertz CT molecular complexity index is 408. The van der Waals surface area contributed by atoms with Crippen molar-refractivity contribution in [2.75, 3.05) is 13.1 Å². The second kappa shape index (κ2) is 6.69. The smallest absolute Gasteiger partial charge is 0.0634 e. The van der Waals surface area contributed by atoms with Gasteiger partial charge in [0, 0.05) is 44.1 Å². The van der Waals surface area contributed by atoms with Gasteiger partial charge in [0.1, 0.15) is 0 Å². The summed E-state index contributed by atoms with van der Waals surface area (Å²) in [6.45, 7) is 9.90. The van der Waals surface area contributed by atoms with Crippen molar-refractivity contribution in [1.29, 1.82) is 0 Å². The van der Waals surface area contributed by atoms with Crippen molar-refractivity contribution >= 4 is 11.6 Å². The number of hydrogen-bond donors (Lipinski definition) is 1. The molecule has 2 atom stereocenters. The van der Waals surface area contributed by atoms with Gasteiger partial charge in [0.25, 0.3) is 0 Å². The molecular formula is C15H24ClN3. The minimum atomic E-state index is 0.573. The van der Waals surface area contributed by atoms with E-state index in [2.05, 4.69) is 36.0 Å². The Morgan fingerprint density at radius 1 is 1.53 bits per heavy atom. The number of aromatic nitrogens is 1. The Hall–Kier alpha value is -0.640. The van der Waals surface area contributed by atoms with E-state index in [0.717, 1.165) is 24.7 Å². The van der Waals surface area contributed by atoms with E-state index in [1.165, 1.54) is 12.0 Å². The fourth-order valence-electron chi connectivity index (χ4n) is 2.68. The summed E-state index contributed by atoms with van der Waals surface area (Å²) in [6, 6.07) is 3.20. The lowest BCUT2D eigenvalue weighted by Crippen LogP contribution is -2.57. The highest BCUT2D eigenvalue weighted by molar-refractivity contribution is 6.31. The van der Waals surface area contributed by atoms with Crippen LogP contribution in [0.15, 0.2) is 18.5 Å². The second-order valence-electron chi connectivity index (χ2n) is 5.72. The topological polar surface area (TPSA) is 28.2 Å². The standard InChI is InChI=1S/C15H24ClN3/c1-4-13-7-18-15(11(2)3)10-19(13)9-12-5-6-17-8-14(12)16/h5-6,8,11,13,15,18H,4,7,9-10H2,1-3H3. The number of pyridine rings is 1. The molecule has 0 aromatic carbocycles. The predicted octanol–water partition coefficient (Wildman–Crippen LogP) is 2.94. The second-order valence-corrected chi connectivity index (χ2v) is 6.12. The van der Waals surface area contributed by atoms with E-state index in [0.29, 0.717) is 18.0 Å². The molecule has 1 N–H and O–H groups in total. The van der Waals surface area contributed by atoms with Gasteiger partial charge in [-0.15, -0.1) is 0 Å². The Kier molecular flexibility index (Phi) is 5.20. The van der Waals surface area contributed by atoms with E-state index in [1.807, 2.05) is 12.3 Å². The lowest BCUT2D eigenvalue weighted by molar-refractivity contribution is 0.103. The van der Waals surface area contributed by atoms with Crippen LogP contribution in [-0.4, -0.2) is 35.1 Å². The molecule has 0 spiro atoms. The molecule has 0 aliphatic carbocycles. The zero-order valence-electron chi connectivity index (χ0n) is 12.1. The first-order valence-corrected chi connectivity index (χ1v) is 7.55. The normalized spacial score (nSPS) is 24.9. The number of nitrogens with one attached hydrogen (secondary N) is 1. The molecule has 0 saturated carbocycles. The van der Waals surface area contributed by atoms with Crippen molar-refractivity contribution in [1.82, 2.24) is 15.2 Å². The lowest BCUT2D eigenvalue weighted by Gasteiger charge is -2.41. The van der Waals surface area contributed by atoms with Crippen LogP contribution in [0.1, 0.15) is 32.8 Å². The molecular weight excluding hydrogens is 258 g/mol. The maximum atomic E-state index is 6.23. The van der Waals surface area contributed by atoms with Crippen molar-refractivity contribution < 1.29 is 0 Å². The van der Waals surface area contributed by atoms with Gasteiger partial charge in [-0.25, -0.2) is 0 Å². The van der Waals surface area contributed by atoms with Crippen LogP contribution in [0.2, 0.25) is 5.02 Å². The van der Waals surface area contributed by atoms with E-state index in [-0.39, 0.29) is 0 Å². The van der Waals surface area contributed by atoms with Crippen molar-refractivity contribution in [3.05, 3.63) is 29.0 Å². The minimum Gasteiger partial charge on any atom is -0.311 e. The van der Waals surface area contributed by atoms with Crippen molar-refractivity contribution in [3.8, 4) is 0 Å². The minimum absolute atomic E-state index is 0.573. The van der Waals surface area contributed by atoms with Crippen LogP contribution in [0, 0.1) is 5.92 Å². The summed E-state index contributed by atoms with van der Waals surface area (Å²) >= 11 is 6.23. The number of hydrogen-bond acceptors (Lipinski definition) is 3. The molecule has 1 aliphatic heterocycles. The van der Waals surface area contributed by atoms with Gasteiger partial charge in [0.2, 0.25) is 0 Å². The molecule has 4 heteroatoms. The summed E-state index contributed by atoms with van der Waals surface area (Å²) < 4.78 is 0. The number of nitrogens with zero attached hydrogens (tertiary/aromatic N) is 2. The largest absolute Gasteiger partial charge is 0.311 e. The summed E-state index contributed by atoms with van der Waals surface area (Å²) in [5.41, 5.74) is 1.18. The molecule has 2 unspecified atom stereocenters. The average molecular weight is 282 g/mol. The first kappa shape index (κ1) is 14.8. The van der Waals surface area contributed by atoms with Crippen LogP contribution >= 0.6 is 11.6 Å². The van der Waals surface area contributed by atoms with Crippen LogP contribution in [0.4, 0.5) is 0 Å². The predicted molar refractivity (Wildman–Crippen MR) is 80.4 cm³/mol. The third kappa shape index (κ3) is 3.68. The summed E-state index contributed by atoms with van der Waals surface area (Å²) in [5.74, 6) is 0.660. The summed E-state index contributed by atoms with van der Waals surface area (Å²) in [6.07, 6.45) is 4.73. The summed E-state index contributed by atoms with van der Waals surface area (Å²) in [4.78, 5) is 6.62. The Labute approximate surface area is 121 Å². The molecule has 106 valence electrons. The Morgan fingerprint density at radius 3 is 2.95 bits per heavy atom. The monoisotopic (exact) mass is 281 g/mol. The highest BCUT2D eigenvalue weighted by atomic mass is 35.5. The third-order valence-corrected chi connectivity index (χ3v) is 4.41. The maximum Gasteiger partial charge on any atom is 0.0634 e. The van der Waals surface area contributed by atoms with Gasteiger partial charge in [-0.3, -0.25) is 9.88 Å². The molecule has 19 heavy (non-hydrogen) atoms. The number of halogens is 1.